The third-order valence-electron chi connectivity index (χ3n) is 4.89. The van der Waals surface area contributed by atoms with Gasteiger partial charge in [0.15, 0.2) is 0 Å². The molecule has 0 amide bonds. The molecule has 31 heavy (non-hydrogen) atoms. The van der Waals surface area contributed by atoms with Gasteiger partial charge in [0.1, 0.15) is 5.82 Å². The zero-order valence-electron chi connectivity index (χ0n) is 18.0. The Bertz CT molecular complexity index is 1240. The zero-order chi connectivity index (χ0) is 22.3. The number of aromatic nitrogens is 3. The van der Waals surface area contributed by atoms with E-state index in [1.54, 1.807) is 33.8 Å². The topological polar surface area (TPSA) is 30.7 Å². The third kappa shape index (κ3) is 4.56. The van der Waals surface area contributed by atoms with Crippen LogP contribution in [0.25, 0.3) is 27.5 Å². The minimum absolute atomic E-state index is 0.259. The number of hydrogen-bond acceptors (Lipinski definition) is 4. The lowest BCUT2D eigenvalue weighted by molar-refractivity contribution is 0.628. The molecule has 0 bridgehead atoms. The van der Waals surface area contributed by atoms with Gasteiger partial charge in [-0.3, -0.25) is 0 Å². The first-order valence-electron chi connectivity index (χ1n) is 10.00. The molecule has 4 rings (SSSR count). The van der Waals surface area contributed by atoms with E-state index >= 15 is 0 Å². The van der Waals surface area contributed by atoms with Crippen molar-refractivity contribution in [2.24, 2.45) is 0 Å². The van der Waals surface area contributed by atoms with Crippen molar-refractivity contribution in [2.75, 3.05) is 0 Å². The fourth-order valence-corrected chi connectivity index (χ4v) is 6.37. The van der Waals surface area contributed by atoms with E-state index in [4.69, 9.17) is 16.6 Å². The van der Waals surface area contributed by atoms with Gasteiger partial charge in [0.2, 0.25) is 5.13 Å². The summed E-state index contributed by atoms with van der Waals surface area (Å²) in [6.07, 6.45) is 1.93. The molecule has 2 aromatic carbocycles. The molecule has 0 aliphatic carbocycles. The molecule has 0 unspecified atom stereocenters. The minimum Gasteiger partial charge on any atom is -0.217 e. The Morgan fingerprint density at radius 3 is 2.45 bits per heavy atom. The number of aryl methyl sites for hydroxylation is 3. The standard InChI is InChI=1S/C24H23ClFN3S2/c1-13(2)30-23-22(21-14(3)9-18(25)10-15(21)4)27-24(31-23)29-12-20(16(5)28-29)17-7-6-8-19(26)11-17/h6-13H,1-5H3. The highest BCUT2D eigenvalue weighted by Crippen LogP contribution is 2.42. The van der Waals surface area contributed by atoms with E-state index in [9.17, 15) is 4.39 Å². The molecule has 0 fully saturated rings. The van der Waals surface area contributed by atoms with Gasteiger partial charge in [-0.25, -0.2) is 14.1 Å². The van der Waals surface area contributed by atoms with E-state index in [2.05, 4.69) is 32.8 Å². The molecule has 0 atom stereocenters. The Hall–Kier alpha value is -2.15. The van der Waals surface area contributed by atoms with Crippen molar-refractivity contribution in [3.63, 3.8) is 0 Å². The van der Waals surface area contributed by atoms with Gasteiger partial charge in [-0.1, -0.05) is 48.9 Å². The average Bonchev–Trinajstić information content (AvgIpc) is 3.24. The fourth-order valence-electron chi connectivity index (χ4n) is 3.63. The minimum atomic E-state index is -0.259. The summed E-state index contributed by atoms with van der Waals surface area (Å²) in [6.45, 7) is 10.4. The van der Waals surface area contributed by atoms with Crippen LogP contribution in [0.4, 0.5) is 4.39 Å². The number of hydrogen-bond donors (Lipinski definition) is 0. The molecular weight excluding hydrogens is 449 g/mol. The van der Waals surface area contributed by atoms with Crippen LogP contribution in [0.2, 0.25) is 5.02 Å². The number of rotatable bonds is 5. The van der Waals surface area contributed by atoms with Gasteiger partial charge in [0.25, 0.3) is 0 Å². The SMILES string of the molecule is Cc1cc(Cl)cc(C)c1-c1nc(-n2cc(-c3cccc(F)c3)c(C)n2)sc1SC(C)C. The van der Waals surface area contributed by atoms with E-state index in [-0.39, 0.29) is 5.82 Å². The van der Waals surface area contributed by atoms with E-state index in [1.165, 1.54) is 12.1 Å². The summed E-state index contributed by atoms with van der Waals surface area (Å²) in [5.74, 6) is -0.259. The number of thiazole rings is 1. The Kier molecular flexibility index (Phi) is 6.24. The van der Waals surface area contributed by atoms with Crippen molar-refractivity contribution in [3.05, 3.63) is 70.3 Å². The van der Waals surface area contributed by atoms with Crippen LogP contribution >= 0.6 is 34.7 Å². The van der Waals surface area contributed by atoms with Crippen LogP contribution in [0.1, 0.15) is 30.7 Å². The molecule has 0 aliphatic rings. The van der Waals surface area contributed by atoms with Crippen molar-refractivity contribution in [1.82, 2.24) is 14.8 Å². The summed E-state index contributed by atoms with van der Waals surface area (Å²) in [4.78, 5) is 5.00. The zero-order valence-corrected chi connectivity index (χ0v) is 20.4. The molecule has 0 spiro atoms. The number of benzene rings is 2. The predicted octanol–water partition coefficient (Wildman–Crippen LogP) is 7.88. The highest BCUT2D eigenvalue weighted by atomic mass is 35.5. The van der Waals surface area contributed by atoms with E-state index in [0.717, 1.165) is 53.6 Å². The molecule has 160 valence electrons. The molecular formula is C24H23ClFN3S2. The van der Waals surface area contributed by atoms with E-state index in [1.807, 2.05) is 31.3 Å². The number of nitrogens with zero attached hydrogens (tertiary/aromatic N) is 3. The molecule has 2 heterocycles. The summed E-state index contributed by atoms with van der Waals surface area (Å²) in [6, 6.07) is 10.5. The first kappa shape index (κ1) is 22.1. The summed E-state index contributed by atoms with van der Waals surface area (Å²) < 4.78 is 16.7. The van der Waals surface area contributed by atoms with Gasteiger partial charge >= 0.3 is 0 Å². The van der Waals surface area contributed by atoms with Crippen molar-refractivity contribution in [2.45, 2.75) is 44.1 Å². The maximum atomic E-state index is 13.7. The van der Waals surface area contributed by atoms with Crippen LogP contribution in [0.15, 0.2) is 46.8 Å². The molecule has 2 aromatic heterocycles. The van der Waals surface area contributed by atoms with Gasteiger partial charge in [0.05, 0.1) is 15.6 Å². The average molecular weight is 472 g/mol. The van der Waals surface area contributed by atoms with Crippen LogP contribution in [0.5, 0.6) is 0 Å². The van der Waals surface area contributed by atoms with Crippen LogP contribution < -0.4 is 0 Å². The van der Waals surface area contributed by atoms with Gasteiger partial charge in [-0.2, -0.15) is 5.10 Å². The second kappa shape index (κ2) is 8.77. The largest absolute Gasteiger partial charge is 0.217 e. The Morgan fingerprint density at radius 2 is 1.81 bits per heavy atom. The first-order valence-corrected chi connectivity index (χ1v) is 12.1. The van der Waals surface area contributed by atoms with Crippen molar-refractivity contribution in [1.29, 1.82) is 0 Å². The Morgan fingerprint density at radius 1 is 1.10 bits per heavy atom. The lowest BCUT2D eigenvalue weighted by Crippen LogP contribution is -1.95. The van der Waals surface area contributed by atoms with Crippen LogP contribution in [-0.4, -0.2) is 20.0 Å². The van der Waals surface area contributed by atoms with Gasteiger partial charge < -0.3 is 0 Å². The highest BCUT2D eigenvalue weighted by molar-refractivity contribution is 8.01. The monoisotopic (exact) mass is 471 g/mol. The molecule has 0 N–H and O–H groups in total. The fraction of sp³-hybridized carbons (Fsp3) is 0.250. The van der Waals surface area contributed by atoms with Crippen molar-refractivity contribution >= 4 is 34.7 Å². The Labute approximate surface area is 195 Å². The van der Waals surface area contributed by atoms with E-state index < -0.39 is 0 Å². The summed E-state index contributed by atoms with van der Waals surface area (Å²) in [5.41, 5.74) is 6.82. The van der Waals surface area contributed by atoms with E-state index in [0.29, 0.717) is 5.25 Å². The lowest BCUT2D eigenvalue weighted by atomic mass is 10.0. The van der Waals surface area contributed by atoms with Crippen LogP contribution in [0, 0.1) is 26.6 Å². The summed E-state index contributed by atoms with van der Waals surface area (Å²) in [7, 11) is 0. The van der Waals surface area contributed by atoms with Gasteiger partial charge in [0, 0.05) is 27.6 Å². The summed E-state index contributed by atoms with van der Waals surface area (Å²) >= 11 is 9.68. The Balaban J connectivity index is 1.84. The highest BCUT2D eigenvalue weighted by Gasteiger charge is 2.21. The van der Waals surface area contributed by atoms with Gasteiger partial charge in [-0.05, 0) is 61.7 Å². The molecule has 0 aliphatic heterocycles. The van der Waals surface area contributed by atoms with Crippen molar-refractivity contribution in [3.8, 4) is 27.5 Å². The molecule has 0 saturated heterocycles. The number of halogens is 2. The first-order chi connectivity index (χ1) is 14.7. The third-order valence-corrected chi connectivity index (χ3v) is 7.37. The molecule has 0 radical (unpaired) electrons. The normalized spacial score (nSPS) is 11.5. The summed E-state index contributed by atoms with van der Waals surface area (Å²) in [5, 5.41) is 6.62. The molecule has 4 aromatic rings. The quantitative estimate of drug-likeness (QED) is 0.277. The van der Waals surface area contributed by atoms with Crippen LogP contribution in [0.3, 0.4) is 0 Å². The van der Waals surface area contributed by atoms with Crippen molar-refractivity contribution < 1.29 is 4.39 Å². The smallest absolute Gasteiger partial charge is 0.211 e. The maximum Gasteiger partial charge on any atom is 0.211 e. The predicted molar refractivity (Wildman–Crippen MR) is 130 cm³/mol. The maximum absolute atomic E-state index is 13.7. The molecule has 0 saturated carbocycles. The molecule has 3 nitrogen and oxygen atoms in total. The van der Waals surface area contributed by atoms with Gasteiger partial charge in [-0.15, -0.1) is 11.8 Å². The second-order valence-electron chi connectivity index (χ2n) is 7.80. The molecule has 7 heteroatoms. The second-order valence-corrected chi connectivity index (χ2v) is 11.1. The van der Waals surface area contributed by atoms with Crippen LogP contribution in [-0.2, 0) is 0 Å². The lowest BCUT2D eigenvalue weighted by Gasteiger charge is -2.11. The number of thioether (sulfide) groups is 1.